The van der Waals surface area contributed by atoms with E-state index in [1.165, 1.54) is 18.3 Å². The van der Waals surface area contributed by atoms with E-state index in [1.807, 2.05) is 0 Å². The van der Waals surface area contributed by atoms with Crippen LogP contribution < -0.4 is 4.90 Å². The van der Waals surface area contributed by atoms with Gasteiger partial charge in [0.05, 0.1) is 34.8 Å². The maximum Gasteiger partial charge on any atom is 0.417 e. The summed E-state index contributed by atoms with van der Waals surface area (Å²) in [5.41, 5.74) is -3.50. The molecule has 5 atom stereocenters. The zero-order valence-electron chi connectivity index (χ0n) is 15.9. The number of thiazole rings is 1. The molecule has 2 amide bonds. The normalized spacial score (nSPS) is 35.4. The van der Waals surface area contributed by atoms with Crippen molar-refractivity contribution in [1.82, 2.24) is 4.98 Å². The summed E-state index contributed by atoms with van der Waals surface area (Å²) in [7, 11) is 0. The third-order valence-electron chi connectivity index (χ3n) is 6.52. The van der Waals surface area contributed by atoms with Crippen LogP contribution in [-0.2, 0) is 20.5 Å². The molecule has 4 heterocycles. The van der Waals surface area contributed by atoms with Crippen molar-refractivity contribution in [2.24, 2.45) is 11.8 Å². The second kappa shape index (κ2) is 5.89. The molecule has 30 heavy (non-hydrogen) atoms. The lowest BCUT2D eigenvalue weighted by Crippen LogP contribution is -2.49. The van der Waals surface area contributed by atoms with E-state index in [-0.39, 0.29) is 22.7 Å². The summed E-state index contributed by atoms with van der Waals surface area (Å²) in [4.78, 5) is 31.1. The van der Waals surface area contributed by atoms with Gasteiger partial charge in [-0.3, -0.25) is 9.59 Å². The molecule has 158 valence electrons. The van der Waals surface area contributed by atoms with Crippen molar-refractivity contribution in [2.75, 3.05) is 4.90 Å². The quantitative estimate of drug-likeness (QED) is 0.729. The van der Waals surface area contributed by atoms with Crippen LogP contribution in [0.2, 0.25) is 0 Å². The number of fused-ring (bicyclic) bond motifs is 5. The molecular formula is C20H17F3N2O4S. The Balaban J connectivity index is 1.61. The van der Waals surface area contributed by atoms with Gasteiger partial charge >= 0.3 is 6.18 Å². The predicted octanol–water partition coefficient (Wildman–Crippen LogP) is 3.25. The number of nitrogens with zero attached hydrogens (tertiary/aromatic N) is 2. The van der Waals surface area contributed by atoms with E-state index in [0.29, 0.717) is 0 Å². The number of benzene rings is 1. The van der Waals surface area contributed by atoms with E-state index in [1.54, 1.807) is 19.2 Å². The number of imide groups is 1. The highest BCUT2D eigenvalue weighted by Gasteiger charge is 2.75. The number of hydrogen-bond donors (Lipinski definition) is 1. The number of carbonyl (C=O) groups is 2. The Morgan fingerprint density at radius 3 is 2.57 bits per heavy atom. The van der Waals surface area contributed by atoms with Gasteiger partial charge in [0.2, 0.25) is 11.8 Å². The summed E-state index contributed by atoms with van der Waals surface area (Å²) in [6.45, 7) is 3.24. The maximum atomic E-state index is 13.8. The molecular weight excluding hydrogens is 421 g/mol. The number of halogens is 3. The highest BCUT2D eigenvalue weighted by molar-refractivity contribution is 7.13. The number of aliphatic hydroxyl groups excluding tert-OH is 1. The Hall–Kier alpha value is -2.30. The van der Waals surface area contributed by atoms with Crippen LogP contribution in [0.3, 0.4) is 0 Å². The lowest BCUT2D eigenvalue weighted by atomic mass is 9.67. The Bertz CT molecular complexity index is 1070. The van der Waals surface area contributed by atoms with Crippen molar-refractivity contribution in [3.63, 3.8) is 0 Å². The molecule has 2 bridgehead atoms. The highest BCUT2D eigenvalue weighted by Crippen LogP contribution is 2.61. The Kier molecular flexibility index (Phi) is 3.86. The lowest BCUT2D eigenvalue weighted by molar-refractivity contribution is -0.137. The number of alkyl halides is 3. The Morgan fingerprint density at radius 1 is 1.23 bits per heavy atom. The van der Waals surface area contributed by atoms with Crippen LogP contribution in [0.5, 0.6) is 0 Å². The second-order valence-electron chi connectivity index (χ2n) is 8.35. The first-order chi connectivity index (χ1) is 14.0. The Labute approximate surface area is 173 Å². The number of anilines is 1. The molecule has 0 radical (unpaired) electrons. The third kappa shape index (κ3) is 2.41. The van der Waals surface area contributed by atoms with Crippen LogP contribution in [0.1, 0.15) is 25.8 Å². The van der Waals surface area contributed by atoms with Crippen LogP contribution in [0.4, 0.5) is 18.9 Å². The van der Waals surface area contributed by atoms with Gasteiger partial charge in [-0.05, 0) is 32.0 Å². The molecule has 0 aliphatic carbocycles. The molecule has 3 aliphatic rings. The van der Waals surface area contributed by atoms with Gasteiger partial charge in [-0.15, -0.1) is 11.3 Å². The van der Waals surface area contributed by atoms with Crippen molar-refractivity contribution in [2.45, 2.75) is 43.8 Å². The standard InChI is InChI=1S/C20H17F3N2O4S/c1-18-8-12(26)19(2,29-18)14-13(18)16(27)25(17(14)28)9-3-4-10(15-24-5-6-30-15)11(7-9)20(21,22)23/h3-7,12-14,26H,8H2,1-2H3/t12-,13+,14?,18?,19?/m0/s1. The molecule has 3 fully saturated rings. The maximum absolute atomic E-state index is 13.8. The summed E-state index contributed by atoms with van der Waals surface area (Å²) in [6, 6.07) is 3.37. The zero-order valence-corrected chi connectivity index (χ0v) is 16.8. The topological polar surface area (TPSA) is 79.7 Å². The molecule has 1 aromatic carbocycles. The Morgan fingerprint density at radius 2 is 1.93 bits per heavy atom. The second-order valence-corrected chi connectivity index (χ2v) is 9.25. The van der Waals surface area contributed by atoms with Gasteiger partial charge in [-0.1, -0.05) is 0 Å². The summed E-state index contributed by atoms with van der Waals surface area (Å²) in [5.74, 6) is -3.03. The fourth-order valence-corrected chi connectivity index (χ4v) is 5.90. The molecule has 3 saturated heterocycles. The van der Waals surface area contributed by atoms with Crippen LogP contribution in [0.25, 0.3) is 10.6 Å². The van der Waals surface area contributed by atoms with Gasteiger partial charge in [0.15, 0.2) is 0 Å². The van der Waals surface area contributed by atoms with Gasteiger partial charge in [-0.25, -0.2) is 9.88 Å². The number of carbonyl (C=O) groups excluding carboxylic acids is 2. The number of amides is 2. The molecule has 3 aliphatic heterocycles. The first-order valence-electron chi connectivity index (χ1n) is 9.34. The minimum Gasteiger partial charge on any atom is -0.390 e. The lowest BCUT2D eigenvalue weighted by Gasteiger charge is -2.31. The summed E-state index contributed by atoms with van der Waals surface area (Å²) >= 11 is 1.06. The van der Waals surface area contributed by atoms with Gasteiger partial charge < -0.3 is 9.84 Å². The van der Waals surface area contributed by atoms with Gasteiger partial charge in [0, 0.05) is 23.6 Å². The van der Waals surface area contributed by atoms with Crippen molar-refractivity contribution in [3.8, 4) is 10.6 Å². The summed E-state index contributed by atoms with van der Waals surface area (Å²) < 4.78 is 47.2. The SMILES string of the molecule is CC12C[C@H](O)C(C)(O1)C1C(=O)N(c3ccc(-c4nccs4)c(C(F)(F)F)c3)C(=O)[C@@H]12. The average Bonchev–Trinajstić information content (AvgIpc) is 3.36. The summed E-state index contributed by atoms with van der Waals surface area (Å²) in [5, 5.41) is 12.1. The first kappa shape index (κ1) is 19.7. The summed E-state index contributed by atoms with van der Waals surface area (Å²) in [6.07, 6.45) is -4.03. The van der Waals surface area contributed by atoms with Gasteiger partial charge in [-0.2, -0.15) is 13.2 Å². The predicted molar refractivity (Wildman–Crippen MR) is 101 cm³/mol. The minimum atomic E-state index is -4.70. The van der Waals surface area contributed by atoms with Gasteiger partial charge in [0.1, 0.15) is 10.6 Å². The molecule has 6 nitrogen and oxygen atoms in total. The number of hydrogen-bond acceptors (Lipinski definition) is 6. The molecule has 1 N–H and O–H groups in total. The van der Waals surface area contributed by atoms with E-state index in [9.17, 15) is 27.9 Å². The van der Waals surface area contributed by atoms with E-state index in [4.69, 9.17) is 4.74 Å². The van der Waals surface area contributed by atoms with Crippen LogP contribution in [-0.4, -0.2) is 39.2 Å². The average molecular weight is 438 g/mol. The van der Waals surface area contributed by atoms with E-state index in [2.05, 4.69) is 4.98 Å². The monoisotopic (exact) mass is 438 g/mol. The van der Waals surface area contributed by atoms with Gasteiger partial charge in [0.25, 0.3) is 0 Å². The highest BCUT2D eigenvalue weighted by atomic mass is 32.1. The van der Waals surface area contributed by atoms with Crippen LogP contribution >= 0.6 is 11.3 Å². The fraction of sp³-hybridized carbons (Fsp3) is 0.450. The van der Waals surface area contributed by atoms with Crippen molar-refractivity contribution >= 4 is 28.8 Å². The number of aromatic nitrogens is 1. The molecule has 5 rings (SSSR count). The number of aliphatic hydroxyl groups is 1. The van der Waals surface area contributed by atoms with Crippen molar-refractivity contribution in [1.29, 1.82) is 0 Å². The minimum absolute atomic E-state index is 0.113. The molecule has 2 aromatic rings. The molecule has 1 aromatic heterocycles. The molecule has 0 spiro atoms. The number of rotatable bonds is 2. The third-order valence-corrected chi connectivity index (χ3v) is 7.33. The van der Waals surface area contributed by atoms with E-state index in [0.717, 1.165) is 22.3 Å². The largest absolute Gasteiger partial charge is 0.417 e. The van der Waals surface area contributed by atoms with Crippen LogP contribution in [0.15, 0.2) is 29.8 Å². The van der Waals surface area contributed by atoms with Crippen molar-refractivity contribution < 1.29 is 32.6 Å². The van der Waals surface area contributed by atoms with E-state index < -0.39 is 52.7 Å². The first-order valence-corrected chi connectivity index (χ1v) is 10.2. The molecule has 10 heteroatoms. The van der Waals surface area contributed by atoms with Crippen molar-refractivity contribution in [3.05, 3.63) is 35.3 Å². The van der Waals surface area contributed by atoms with Crippen LogP contribution in [0, 0.1) is 11.8 Å². The molecule has 3 unspecified atom stereocenters. The van der Waals surface area contributed by atoms with E-state index >= 15 is 0 Å². The smallest absolute Gasteiger partial charge is 0.390 e. The molecule has 0 saturated carbocycles. The fourth-order valence-electron chi connectivity index (χ4n) is 5.22. The number of ether oxygens (including phenoxy) is 1. The zero-order chi connectivity index (χ0) is 21.6.